The molecule has 0 bridgehead atoms. The van der Waals surface area contributed by atoms with Crippen molar-refractivity contribution in [3.8, 4) is 0 Å². The summed E-state index contributed by atoms with van der Waals surface area (Å²) < 4.78 is 9.08. The van der Waals surface area contributed by atoms with Crippen LogP contribution in [0.2, 0.25) is 0 Å². The summed E-state index contributed by atoms with van der Waals surface area (Å²) in [6.45, 7) is 1.20. The van der Waals surface area contributed by atoms with E-state index in [2.05, 4.69) is 0 Å². The molecular weight excluding hydrogens is 264 g/mol. The molecule has 0 fully saturated rings. The van der Waals surface area contributed by atoms with Crippen LogP contribution < -0.4 is 0 Å². The van der Waals surface area contributed by atoms with Gasteiger partial charge in [0.2, 0.25) is 0 Å². The van der Waals surface area contributed by atoms with Crippen LogP contribution in [0.15, 0.2) is 17.0 Å². The van der Waals surface area contributed by atoms with Crippen LogP contribution in [0.5, 0.6) is 0 Å². The second-order valence-electron chi connectivity index (χ2n) is 3.57. The van der Waals surface area contributed by atoms with Gasteiger partial charge in [0.05, 0.1) is 15.9 Å². The van der Waals surface area contributed by atoms with E-state index in [1.54, 1.807) is 6.92 Å². The van der Waals surface area contributed by atoms with Crippen LogP contribution in [-0.2, 0) is 0 Å². The highest BCUT2D eigenvalue weighted by Crippen LogP contribution is 2.38. The van der Waals surface area contributed by atoms with Crippen molar-refractivity contribution in [1.82, 2.24) is 0 Å². The molecule has 0 spiro atoms. The number of nitro groups is 2. The van der Waals surface area contributed by atoms with Crippen molar-refractivity contribution in [2.24, 2.45) is 0 Å². The lowest BCUT2D eigenvalue weighted by atomic mass is 10.0. The van der Waals surface area contributed by atoms with Crippen LogP contribution in [0.25, 0.3) is 0 Å². The fraction of sp³-hybridized carbons (Fsp3) is 0.333. The Morgan fingerprint density at radius 2 is 1.94 bits per heavy atom. The minimum absolute atomic E-state index is 0.0906. The molecule has 0 saturated carbocycles. The maximum absolute atomic E-state index is 10.8. The summed E-state index contributed by atoms with van der Waals surface area (Å²) in [6.07, 6.45) is 0. The zero-order valence-electron chi connectivity index (χ0n) is 9.27. The lowest BCUT2D eigenvalue weighted by Crippen LogP contribution is -2.05. The number of aliphatic hydroxyl groups excluding tert-OH is 1. The van der Waals surface area contributed by atoms with Gasteiger partial charge in [-0.1, -0.05) is 6.92 Å². The zero-order chi connectivity index (χ0) is 13.9. The molecule has 0 aromatic heterocycles. The van der Waals surface area contributed by atoms with Gasteiger partial charge >= 0.3 is 0 Å². The van der Waals surface area contributed by atoms with Gasteiger partial charge in [0.1, 0.15) is 4.90 Å². The largest absolute Gasteiger partial charge is 0.396 e. The van der Waals surface area contributed by atoms with Gasteiger partial charge in [-0.3, -0.25) is 20.2 Å². The van der Waals surface area contributed by atoms with Crippen LogP contribution >= 0.6 is 12.0 Å². The van der Waals surface area contributed by atoms with Crippen LogP contribution in [0, 0.1) is 20.2 Å². The summed E-state index contributed by atoms with van der Waals surface area (Å²) >= 11 is 0.139. The van der Waals surface area contributed by atoms with Crippen LogP contribution in [0.3, 0.4) is 0 Å². The number of benzene rings is 1. The highest BCUT2D eigenvalue weighted by atomic mass is 32.2. The Morgan fingerprint density at radius 3 is 2.33 bits per heavy atom. The van der Waals surface area contributed by atoms with E-state index in [0.717, 1.165) is 12.1 Å². The third-order valence-corrected chi connectivity index (χ3v) is 3.01. The molecule has 8 nitrogen and oxygen atoms in total. The van der Waals surface area contributed by atoms with Crippen molar-refractivity contribution in [2.75, 3.05) is 6.61 Å². The molecule has 1 atom stereocenters. The fourth-order valence-corrected chi connectivity index (χ4v) is 2.02. The van der Waals surface area contributed by atoms with E-state index >= 15 is 0 Å². The quantitative estimate of drug-likeness (QED) is 0.478. The molecule has 0 aliphatic heterocycles. The molecule has 1 rings (SSSR count). The number of hydrogen-bond donors (Lipinski definition) is 2. The first-order valence-electron chi connectivity index (χ1n) is 4.81. The van der Waals surface area contributed by atoms with Crippen LogP contribution in [0.4, 0.5) is 11.4 Å². The molecule has 0 aliphatic rings. The van der Waals surface area contributed by atoms with Crippen LogP contribution in [0.1, 0.15) is 18.4 Å². The minimum Gasteiger partial charge on any atom is -0.396 e. The maximum atomic E-state index is 10.8. The first-order valence-corrected chi connectivity index (χ1v) is 5.58. The number of non-ortho nitro benzene ring substituents is 1. The summed E-state index contributed by atoms with van der Waals surface area (Å²) in [5, 5.41) is 30.5. The second kappa shape index (κ2) is 5.76. The molecule has 0 aliphatic carbocycles. The molecule has 1 aromatic rings. The molecule has 18 heavy (non-hydrogen) atoms. The van der Waals surface area contributed by atoms with Gasteiger partial charge in [0.15, 0.2) is 0 Å². The highest BCUT2D eigenvalue weighted by Gasteiger charge is 2.26. The summed E-state index contributed by atoms with van der Waals surface area (Å²) in [6, 6.07) is 1.90. The predicted octanol–water partition coefficient (Wildman–Crippen LogP) is 2.16. The van der Waals surface area contributed by atoms with E-state index < -0.39 is 27.1 Å². The summed E-state index contributed by atoms with van der Waals surface area (Å²) in [5.41, 5.74) is -0.826. The summed E-state index contributed by atoms with van der Waals surface area (Å²) in [5.74, 6) is -0.557. The normalized spacial score (nSPS) is 12.2. The average molecular weight is 274 g/mol. The third kappa shape index (κ3) is 2.75. The van der Waals surface area contributed by atoms with Crippen molar-refractivity contribution in [3.63, 3.8) is 0 Å². The highest BCUT2D eigenvalue weighted by molar-refractivity contribution is 7.94. The van der Waals surface area contributed by atoms with Gasteiger partial charge in [0, 0.05) is 30.6 Å². The molecule has 0 unspecified atom stereocenters. The van der Waals surface area contributed by atoms with Gasteiger partial charge in [-0.2, -0.15) is 0 Å². The van der Waals surface area contributed by atoms with E-state index in [9.17, 15) is 20.2 Å². The summed E-state index contributed by atoms with van der Waals surface area (Å²) in [4.78, 5) is 19.8. The lowest BCUT2D eigenvalue weighted by molar-refractivity contribution is -0.396. The Bertz CT molecular complexity index is 492. The molecule has 98 valence electrons. The van der Waals surface area contributed by atoms with Crippen molar-refractivity contribution >= 4 is 23.4 Å². The van der Waals surface area contributed by atoms with E-state index in [-0.39, 0.29) is 29.1 Å². The molecule has 0 saturated heterocycles. The van der Waals surface area contributed by atoms with E-state index in [1.807, 2.05) is 0 Å². The van der Waals surface area contributed by atoms with Gasteiger partial charge in [-0.15, -0.1) is 0 Å². The minimum atomic E-state index is -0.806. The standard InChI is InChI=1S/C9H10N2O6S/c1-5(4-12)7-2-6(10(13)14)3-8(11(15)16)9(7)18-17/h2-3,5,12,17H,4H2,1H3/t5-/m1/s1. The monoisotopic (exact) mass is 274 g/mol. The number of nitrogens with zero attached hydrogens (tertiary/aromatic N) is 2. The predicted molar refractivity (Wildman–Crippen MR) is 63.7 cm³/mol. The Hall–Kier alpha value is -1.71. The van der Waals surface area contributed by atoms with Crippen molar-refractivity contribution in [2.45, 2.75) is 17.7 Å². The Labute approximate surface area is 106 Å². The number of nitro benzene ring substituents is 2. The van der Waals surface area contributed by atoms with Gasteiger partial charge in [-0.25, -0.2) is 0 Å². The lowest BCUT2D eigenvalue weighted by Gasteiger charge is -2.12. The van der Waals surface area contributed by atoms with Crippen molar-refractivity contribution < 1.29 is 19.5 Å². The van der Waals surface area contributed by atoms with E-state index in [4.69, 9.17) is 9.66 Å². The molecular formula is C9H10N2O6S. The fourth-order valence-electron chi connectivity index (χ4n) is 1.42. The average Bonchev–Trinajstić information content (AvgIpc) is 2.35. The van der Waals surface area contributed by atoms with Gasteiger partial charge in [0.25, 0.3) is 11.4 Å². The SMILES string of the molecule is C[C@H](CO)c1cc([N+](=O)[O-])cc([N+](=O)[O-])c1SO. The van der Waals surface area contributed by atoms with Crippen molar-refractivity contribution in [3.05, 3.63) is 37.9 Å². The first kappa shape index (κ1) is 14.4. The number of hydrogen-bond acceptors (Lipinski definition) is 7. The number of rotatable bonds is 5. The Balaban J connectivity index is 3.55. The van der Waals surface area contributed by atoms with E-state index in [0.29, 0.717) is 0 Å². The Morgan fingerprint density at radius 1 is 1.33 bits per heavy atom. The number of aliphatic hydroxyl groups is 1. The smallest absolute Gasteiger partial charge is 0.292 e. The molecule has 1 aromatic carbocycles. The van der Waals surface area contributed by atoms with Crippen LogP contribution in [-0.4, -0.2) is 26.1 Å². The topological polar surface area (TPSA) is 127 Å². The van der Waals surface area contributed by atoms with E-state index in [1.165, 1.54) is 0 Å². The first-order chi connectivity index (χ1) is 8.42. The van der Waals surface area contributed by atoms with Crippen molar-refractivity contribution in [1.29, 1.82) is 0 Å². The molecule has 2 N–H and O–H groups in total. The summed E-state index contributed by atoms with van der Waals surface area (Å²) in [7, 11) is 0. The molecule has 0 amide bonds. The van der Waals surface area contributed by atoms with Gasteiger partial charge < -0.3 is 9.66 Å². The molecule has 9 heteroatoms. The van der Waals surface area contributed by atoms with Gasteiger partial charge in [-0.05, 0) is 5.56 Å². The Kier molecular flexibility index (Phi) is 4.59. The second-order valence-corrected chi connectivity index (χ2v) is 4.16. The third-order valence-electron chi connectivity index (χ3n) is 2.39. The zero-order valence-corrected chi connectivity index (χ0v) is 10.1. The molecule has 0 radical (unpaired) electrons. The molecule has 0 heterocycles. The maximum Gasteiger partial charge on any atom is 0.292 e.